The Bertz CT molecular complexity index is 554. The van der Waals surface area contributed by atoms with Crippen molar-refractivity contribution in [2.24, 2.45) is 0 Å². The molecule has 0 aliphatic heterocycles. The van der Waals surface area contributed by atoms with E-state index in [9.17, 15) is 9.18 Å². The van der Waals surface area contributed by atoms with Gasteiger partial charge in [-0.1, -0.05) is 24.8 Å². The maximum atomic E-state index is 13.1. The third-order valence-electron chi connectivity index (χ3n) is 2.05. The molecule has 4 nitrogen and oxygen atoms in total. The van der Waals surface area contributed by atoms with E-state index in [0.29, 0.717) is 5.13 Å². The van der Waals surface area contributed by atoms with E-state index < -0.39 is 11.7 Å². The first-order chi connectivity index (χ1) is 8.18. The molecule has 1 amide bonds. The highest BCUT2D eigenvalue weighted by Gasteiger charge is 2.13. The fourth-order valence-corrected chi connectivity index (χ4v) is 1.74. The number of nitrogens with one attached hydrogen (secondary N) is 1. The van der Waals surface area contributed by atoms with Crippen LogP contribution in [-0.2, 0) is 0 Å². The lowest BCUT2D eigenvalue weighted by atomic mass is 10.1. The van der Waals surface area contributed by atoms with E-state index in [1.54, 1.807) is 12.1 Å². The van der Waals surface area contributed by atoms with Crippen LogP contribution in [-0.4, -0.2) is 15.3 Å². The molecule has 0 aliphatic carbocycles. The second-order valence-corrected chi connectivity index (χ2v) is 3.93. The minimum atomic E-state index is -0.645. The SMILES string of the molecule is C=C(F)c1ccccc1C(=O)Nc1ncns1. The van der Waals surface area contributed by atoms with E-state index in [1.165, 1.54) is 18.5 Å². The molecule has 1 heterocycles. The fraction of sp³-hybridized carbons (Fsp3) is 0. The summed E-state index contributed by atoms with van der Waals surface area (Å²) in [4.78, 5) is 15.7. The fourth-order valence-electron chi connectivity index (χ4n) is 1.31. The van der Waals surface area contributed by atoms with Crippen molar-refractivity contribution in [2.45, 2.75) is 0 Å². The Morgan fingerprint density at radius 2 is 2.06 bits per heavy atom. The zero-order valence-corrected chi connectivity index (χ0v) is 9.50. The molecule has 86 valence electrons. The lowest BCUT2D eigenvalue weighted by molar-refractivity contribution is 0.102. The summed E-state index contributed by atoms with van der Waals surface area (Å²) >= 11 is 1.05. The van der Waals surface area contributed by atoms with Gasteiger partial charge in [0.05, 0.1) is 0 Å². The molecule has 6 heteroatoms. The molecule has 1 aromatic carbocycles. The summed E-state index contributed by atoms with van der Waals surface area (Å²) in [7, 11) is 0. The quantitative estimate of drug-likeness (QED) is 0.909. The summed E-state index contributed by atoms with van der Waals surface area (Å²) in [5.41, 5.74) is 0.393. The minimum absolute atomic E-state index is 0.175. The van der Waals surface area contributed by atoms with Crippen molar-refractivity contribution in [1.82, 2.24) is 9.36 Å². The van der Waals surface area contributed by atoms with Gasteiger partial charge in [0.1, 0.15) is 12.2 Å². The first-order valence-electron chi connectivity index (χ1n) is 4.70. The first kappa shape index (κ1) is 11.4. The number of carbonyl (C=O) groups excluding carboxylic acids is 1. The van der Waals surface area contributed by atoms with Crippen LogP contribution in [0, 0.1) is 0 Å². The average Bonchev–Trinajstić information content (AvgIpc) is 2.81. The Morgan fingerprint density at radius 3 is 2.65 bits per heavy atom. The van der Waals surface area contributed by atoms with Gasteiger partial charge in [0.25, 0.3) is 5.91 Å². The van der Waals surface area contributed by atoms with Crippen LogP contribution in [0.5, 0.6) is 0 Å². The summed E-state index contributed by atoms with van der Waals surface area (Å²) in [5, 5.41) is 2.90. The van der Waals surface area contributed by atoms with E-state index in [4.69, 9.17) is 0 Å². The van der Waals surface area contributed by atoms with Crippen LogP contribution < -0.4 is 5.32 Å². The lowest BCUT2D eigenvalue weighted by Gasteiger charge is -2.05. The van der Waals surface area contributed by atoms with Crippen LogP contribution in [0.4, 0.5) is 9.52 Å². The number of nitrogens with zero attached hydrogens (tertiary/aromatic N) is 2. The molecule has 1 N–H and O–H groups in total. The van der Waals surface area contributed by atoms with Crippen LogP contribution >= 0.6 is 11.5 Å². The summed E-state index contributed by atoms with van der Waals surface area (Å²) < 4.78 is 16.9. The Balaban J connectivity index is 2.28. The molecule has 0 fully saturated rings. The summed E-state index contributed by atoms with van der Waals surface area (Å²) in [5.74, 6) is -1.08. The summed E-state index contributed by atoms with van der Waals surface area (Å²) in [6.07, 6.45) is 1.33. The van der Waals surface area contributed by atoms with Crippen LogP contribution in [0.25, 0.3) is 5.83 Å². The normalized spacial score (nSPS) is 9.94. The number of anilines is 1. The van der Waals surface area contributed by atoms with Gasteiger partial charge in [0.2, 0.25) is 5.13 Å². The van der Waals surface area contributed by atoms with Crippen molar-refractivity contribution < 1.29 is 9.18 Å². The van der Waals surface area contributed by atoms with Crippen LogP contribution in [0.1, 0.15) is 15.9 Å². The van der Waals surface area contributed by atoms with Crippen molar-refractivity contribution in [3.8, 4) is 0 Å². The average molecular weight is 249 g/mol. The van der Waals surface area contributed by atoms with Crippen molar-refractivity contribution in [3.63, 3.8) is 0 Å². The topological polar surface area (TPSA) is 54.9 Å². The first-order valence-corrected chi connectivity index (χ1v) is 5.47. The Hall–Kier alpha value is -2.08. The number of halogens is 1. The third kappa shape index (κ3) is 2.54. The molecule has 17 heavy (non-hydrogen) atoms. The molecule has 1 aromatic heterocycles. The van der Waals surface area contributed by atoms with E-state index in [-0.39, 0.29) is 11.1 Å². The van der Waals surface area contributed by atoms with Crippen LogP contribution in [0.2, 0.25) is 0 Å². The number of hydrogen-bond acceptors (Lipinski definition) is 4. The van der Waals surface area contributed by atoms with Crippen LogP contribution in [0.3, 0.4) is 0 Å². The molecule has 0 aliphatic rings. The largest absolute Gasteiger partial charge is 0.297 e. The Morgan fingerprint density at radius 1 is 1.35 bits per heavy atom. The van der Waals surface area contributed by atoms with Gasteiger partial charge in [-0.25, -0.2) is 9.37 Å². The molecular weight excluding hydrogens is 241 g/mol. The van der Waals surface area contributed by atoms with Crippen molar-refractivity contribution in [2.75, 3.05) is 5.32 Å². The third-order valence-corrected chi connectivity index (χ3v) is 2.63. The number of rotatable bonds is 3. The van der Waals surface area contributed by atoms with Gasteiger partial charge in [0.15, 0.2) is 0 Å². The predicted molar refractivity (Wildman–Crippen MR) is 64.4 cm³/mol. The number of aromatic nitrogens is 2. The second-order valence-electron chi connectivity index (χ2n) is 3.15. The number of benzene rings is 1. The highest BCUT2D eigenvalue weighted by atomic mass is 32.1. The molecule has 0 unspecified atom stereocenters. The summed E-state index contributed by atoms with van der Waals surface area (Å²) in [6.45, 7) is 3.19. The molecule has 2 aromatic rings. The molecule has 0 saturated heterocycles. The molecule has 0 spiro atoms. The standard InChI is InChI=1S/C11H8FN3OS/c1-7(12)8-4-2-3-5-9(8)10(16)15-11-13-6-14-17-11/h2-6H,1H2,(H,13,14,15,16). The van der Waals surface area contributed by atoms with Crippen molar-refractivity contribution in [1.29, 1.82) is 0 Å². The van der Waals surface area contributed by atoms with E-state index >= 15 is 0 Å². The highest BCUT2D eigenvalue weighted by molar-refractivity contribution is 7.09. The van der Waals surface area contributed by atoms with E-state index in [0.717, 1.165) is 11.5 Å². The monoisotopic (exact) mass is 249 g/mol. The molecule has 0 radical (unpaired) electrons. The zero-order valence-electron chi connectivity index (χ0n) is 8.68. The molecule has 0 bridgehead atoms. The van der Waals surface area contributed by atoms with Gasteiger partial charge in [-0.05, 0) is 6.07 Å². The van der Waals surface area contributed by atoms with Gasteiger partial charge in [-0.2, -0.15) is 4.37 Å². The van der Waals surface area contributed by atoms with Gasteiger partial charge < -0.3 is 0 Å². The van der Waals surface area contributed by atoms with Gasteiger partial charge >= 0.3 is 0 Å². The van der Waals surface area contributed by atoms with Crippen LogP contribution in [0.15, 0.2) is 37.2 Å². The highest BCUT2D eigenvalue weighted by Crippen LogP contribution is 2.20. The summed E-state index contributed by atoms with van der Waals surface area (Å²) in [6, 6.07) is 6.32. The van der Waals surface area contributed by atoms with Gasteiger partial charge in [-0.15, -0.1) is 0 Å². The Kier molecular flexibility index (Phi) is 3.24. The van der Waals surface area contributed by atoms with Crippen molar-refractivity contribution >= 4 is 28.4 Å². The number of amides is 1. The predicted octanol–water partition coefficient (Wildman–Crippen LogP) is 2.73. The molecule has 0 saturated carbocycles. The van der Waals surface area contributed by atoms with E-state index in [1.807, 2.05) is 0 Å². The minimum Gasteiger partial charge on any atom is -0.297 e. The zero-order chi connectivity index (χ0) is 12.3. The lowest BCUT2D eigenvalue weighted by Crippen LogP contribution is -2.13. The molecule has 0 atom stereocenters. The number of hydrogen-bond donors (Lipinski definition) is 1. The Labute approximate surface area is 101 Å². The maximum Gasteiger partial charge on any atom is 0.258 e. The second kappa shape index (κ2) is 4.84. The van der Waals surface area contributed by atoms with Crippen molar-refractivity contribution in [3.05, 3.63) is 48.3 Å². The smallest absolute Gasteiger partial charge is 0.258 e. The van der Waals surface area contributed by atoms with Gasteiger partial charge in [-0.3, -0.25) is 10.1 Å². The molecular formula is C11H8FN3OS. The van der Waals surface area contributed by atoms with Gasteiger partial charge in [0, 0.05) is 22.7 Å². The van der Waals surface area contributed by atoms with E-state index in [2.05, 4.69) is 21.3 Å². The molecule has 2 rings (SSSR count). The number of carbonyl (C=O) groups is 1. The maximum absolute atomic E-state index is 13.1.